The number of likely N-dealkylation sites (N-methyl/N-ethyl adjacent to an activating group) is 1. The number of carbonyl (C=O) groups excluding carboxylic acids is 2. The van der Waals surface area contributed by atoms with Crippen molar-refractivity contribution in [2.75, 3.05) is 40.4 Å². The molecule has 0 aromatic rings. The Kier molecular flexibility index (Phi) is 7.03. The molecule has 0 radical (unpaired) electrons. The first kappa shape index (κ1) is 15.2. The first-order valence-corrected chi connectivity index (χ1v) is 4.91. The maximum atomic E-state index is 11.6. The molecule has 0 bridgehead atoms. The Labute approximate surface area is 101 Å². The molecule has 1 atom stereocenters. The molecular formula is C9H18ClN3O3. The second kappa shape index (κ2) is 7.43. The highest BCUT2D eigenvalue weighted by Gasteiger charge is 2.30. The number of methoxy groups -OCH3 is 1. The van der Waals surface area contributed by atoms with Crippen molar-refractivity contribution in [3.05, 3.63) is 0 Å². The van der Waals surface area contributed by atoms with Gasteiger partial charge in [-0.2, -0.15) is 0 Å². The summed E-state index contributed by atoms with van der Waals surface area (Å²) in [4.78, 5) is 24.7. The second-order valence-electron chi connectivity index (χ2n) is 3.35. The summed E-state index contributed by atoms with van der Waals surface area (Å²) < 4.78 is 4.78. The Morgan fingerprint density at radius 2 is 2.25 bits per heavy atom. The fraction of sp³-hybridized carbons (Fsp3) is 0.778. The highest BCUT2D eigenvalue weighted by Crippen LogP contribution is 2.04. The van der Waals surface area contributed by atoms with Crippen LogP contribution in [-0.4, -0.2) is 63.2 Å². The van der Waals surface area contributed by atoms with Crippen molar-refractivity contribution in [3.63, 3.8) is 0 Å². The minimum absolute atomic E-state index is 0. The van der Waals surface area contributed by atoms with Crippen LogP contribution in [0.1, 0.15) is 0 Å². The van der Waals surface area contributed by atoms with Gasteiger partial charge in [0.2, 0.25) is 11.8 Å². The average Bonchev–Trinajstić information content (AvgIpc) is 2.28. The molecule has 0 aromatic heterocycles. The van der Waals surface area contributed by atoms with Gasteiger partial charge in [-0.3, -0.25) is 9.59 Å². The number of nitrogens with zero attached hydrogens (tertiary/aromatic N) is 1. The number of ether oxygens (including phenoxy) is 1. The van der Waals surface area contributed by atoms with Crippen molar-refractivity contribution >= 4 is 24.2 Å². The number of hydrogen-bond acceptors (Lipinski definition) is 4. The summed E-state index contributed by atoms with van der Waals surface area (Å²) in [6.45, 7) is 1.77. The minimum atomic E-state index is -0.425. The van der Waals surface area contributed by atoms with E-state index >= 15 is 0 Å². The zero-order chi connectivity index (χ0) is 11.3. The van der Waals surface area contributed by atoms with Crippen LogP contribution >= 0.6 is 12.4 Å². The quantitative estimate of drug-likeness (QED) is 0.647. The van der Waals surface area contributed by atoms with Gasteiger partial charge in [0.1, 0.15) is 12.6 Å². The topological polar surface area (TPSA) is 70.7 Å². The van der Waals surface area contributed by atoms with Crippen LogP contribution in [0.15, 0.2) is 0 Å². The molecule has 0 spiro atoms. The van der Waals surface area contributed by atoms with Gasteiger partial charge < -0.3 is 20.3 Å². The molecule has 0 aliphatic carbocycles. The molecule has 1 fully saturated rings. The van der Waals surface area contributed by atoms with Crippen molar-refractivity contribution in [2.45, 2.75) is 6.04 Å². The fourth-order valence-electron chi connectivity index (χ4n) is 1.61. The first-order valence-electron chi connectivity index (χ1n) is 4.91. The van der Waals surface area contributed by atoms with Gasteiger partial charge in [-0.1, -0.05) is 0 Å². The Bertz CT molecular complexity index is 250. The molecule has 7 heteroatoms. The van der Waals surface area contributed by atoms with Crippen LogP contribution in [0.5, 0.6) is 0 Å². The summed E-state index contributed by atoms with van der Waals surface area (Å²) in [6, 6.07) is -0.425. The van der Waals surface area contributed by atoms with Crippen molar-refractivity contribution in [1.82, 2.24) is 15.5 Å². The van der Waals surface area contributed by atoms with Gasteiger partial charge in [0.15, 0.2) is 0 Å². The van der Waals surface area contributed by atoms with Gasteiger partial charge in [-0.15, -0.1) is 12.4 Å². The van der Waals surface area contributed by atoms with E-state index in [0.717, 1.165) is 0 Å². The summed E-state index contributed by atoms with van der Waals surface area (Å²) in [5, 5.41) is 5.63. The average molecular weight is 252 g/mol. The smallest absolute Gasteiger partial charge is 0.249 e. The van der Waals surface area contributed by atoms with Gasteiger partial charge in [0.05, 0.1) is 0 Å². The van der Waals surface area contributed by atoms with Crippen LogP contribution in [0.25, 0.3) is 0 Å². The highest BCUT2D eigenvalue weighted by atomic mass is 35.5. The van der Waals surface area contributed by atoms with E-state index in [2.05, 4.69) is 10.6 Å². The fourth-order valence-corrected chi connectivity index (χ4v) is 1.61. The third-order valence-electron chi connectivity index (χ3n) is 2.38. The molecule has 94 valence electrons. The first-order chi connectivity index (χ1) is 7.20. The van der Waals surface area contributed by atoms with Crippen LogP contribution in [0.2, 0.25) is 0 Å². The summed E-state index contributed by atoms with van der Waals surface area (Å²) in [7, 11) is 3.03. The largest absolute Gasteiger partial charge is 0.375 e. The number of carbonyl (C=O) groups is 2. The molecule has 1 rings (SSSR count). The number of piperazine rings is 1. The lowest BCUT2D eigenvalue weighted by Crippen LogP contribution is -2.59. The van der Waals surface area contributed by atoms with E-state index in [4.69, 9.17) is 4.74 Å². The van der Waals surface area contributed by atoms with Crippen molar-refractivity contribution < 1.29 is 14.3 Å². The predicted octanol–water partition coefficient (Wildman–Crippen LogP) is -1.40. The van der Waals surface area contributed by atoms with Crippen LogP contribution < -0.4 is 10.6 Å². The highest BCUT2D eigenvalue weighted by molar-refractivity contribution is 5.88. The molecule has 16 heavy (non-hydrogen) atoms. The third kappa shape index (κ3) is 3.62. The lowest BCUT2D eigenvalue weighted by molar-refractivity contribution is -0.144. The van der Waals surface area contributed by atoms with Gasteiger partial charge >= 0.3 is 0 Å². The van der Waals surface area contributed by atoms with Crippen LogP contribution in [0.3, 0.4) is 0 Å². The SMILES string of the molecule is CNC(=O)C1CNCCN1C(=O)COC.Cl. The van der Waals surface area contributed by atoms with Crippen LogP contribution in [0, 0.1) is 0 Å². The summed E-state index contributed by atoms with van der Waals surface area (Å²) in [5.74, 6) is -0.292. The monoisotopic (exact) mass is 251 g/mol. The molecule has 0 saturated carbocycles. The number of rotatable bonds is 3. The van der Waals surface area contributed by atoms with E-state index in [-0.39, 0.29) is 30.8 Å². The van der Waals surface area contributed by atoms with E-state index in [9.17, 15) is 9.59 Å². The maximum absolute atomic E-state index is 11.6. The van der Waals surface area contributed by atoms with E-state index in [1.807, 2.05) is 0 Å². The molecule has 6 nitrogen and oxygen atoms in total. The molecular weight excluding hydrogens is 234 g/mol. The zero-order valence-corrected chi connectivity index (χ0v) is 10.3. The normalized spacial score (nSPS) is 19.9. The molecule has 1 aliphatic heterocycles. The minimum Gasteiger partial charge on any atom is -0.375 e. The van der Waals surface area contributed by atoms with Crippen LogP contribution in [0.4, 0.5) is 0 Å². The predicted molar refractivity (Wildman–Crippen MR) is 61.6 cm³/mol. The van der Waals surface area contributed by atoms with Gasteiger partial charge in [0.25, 0.3) is 0 Å². The third-order valence-corrected chi connectivity index (χ3v) is 2.38. The molecule has 2 amide bonds. The standard InChI is InChI=1S/C9H17N3O3.ClH/c1-10-9(14)7-5-11-3-4-12(7)8(13)6-15-2;/h7,11H,3-6H2,1-2H3,(H,10,14);1H. The van der Waals surface area contributed by atoms with E-state index in [1.54, 1.807) is 11.9 Å². The molecule has 1 saturated heterocycles. The number of hydrogen-bond donors (Lipinski definition) is 2. The van der Waals surface area contributed by atoms with Crippen molar-refractivity contribution in [2.24, 2.45) is 0 Å². The Balaban J connectivity index is 0.00000225. The van der Waals surface area contributed by atoms with Crippen molar-refractivity contribution in [3.8, 4) is 0 Å². The van der Waals surface area contributed by atoms with Gasteiger partial charge in [-0.05, 0) is 0 Å². The maximum Gasteiger partial charge on any atom is 0.249 e. The molecule has 1 heterocycles. The molecule has 0 aromatic carbocycles. The zero-order valence-electron chi connectivity index (χ0n) is 9.49. The molecule has 1 unspecified atom stereocenters. The Morgan fingerprint density at radius 3 is 2.81 bits per heavy atom. The summed E-state index contributed by atoms with van der Waals surface area (Å²) in [6.07, 6.45) is 0. The Morgan fingerprint density at radius 1 is 1.56 bits per heavy atom. The number of amides is 2. The molecule has 1 aliphatic rings. The van der Waals surface area contributed by atoms with E-state index in [0.29, 0.717) is 19.6 Å². The second-order valence-corrected chi connectivity index (χ2v) is 3.35. The summed E-state index contributed by atoms with van der Waals surface area (Å²) >= 11 is 0. The summed E-state index contributed by atoms with van der Waals surface area (Å²) in [5.41, 5.74) is 0. The Hall–Kier alpha value is -0.850. The molecule has 2 N–H and O–H groups in total. The number of halogens is 1. The van der Waals surface area contributed by atoms with Gasteiger partial charge in [-0.25, -0.2) is 0 Å². The van der Waals surface area contributed by atoms with Crippen LogP contribution in [-0.2, 0) is 14.3 Å². The van der Waals surface area contributed by atoms with Gasteiger partial charge in [0, 0.05) is 33.8 Å². The van der Waals surface area contributed by atoms with Crippen molar-refractivity contribution in [1.29, 1.82) is 0 Å². The van der Waals surface area contributed by atoms with E-state index < -0.39 is 6.04 Å². The lowest BCUT2D eigenvalue weighted by atomic mass is 10.1. The van der Waals surface area contributed by atoms with E-state index in [1.165, 1.54) is 7.11 Å². The lowest BCUT2D eigenvalue weighted by Gasteiger charge is -2.34. The number of nitrogens with one attached hydrogen (secondary N) is 2.